The van der Waals surface area contributed by atoms with E-state index in [0.717, 1.165) is 121 Å². The number of piperidine rings is 1. The van der Waals surface area contributed by atoms with Crippen LogP contribution in [0.3, 0.4) is 0 Å². The Morgan fingerprint density at radius 3 is 0.948 bits per heavy atom. The number of nitrogens with one attached hydrogen (secondary N) is 6. The van der Waals surface area contributed by atoms with Gasteiger partial charge in [-0.3, -0.25) is 33.9 Å². The Morgan fingerprint density at radius 2 is 0.664 bits per heavy atom. The molecule has 0 radical (unpaired) electrons. The van der Waals surface area contributed by atoms with Gasteiger partial charge in [0.1, 0.15) is 0 Å². The Kier molecular flexibility index (Phi) is 48.0. The van der Waals surface area contributed by atoms with Gasteiger partial charge < -0.3 is 66.5 Å². The summed E-state index contributed by atoms with van der Waals surface area (Å²) in [5, 5.41) is 39.7. The fourth-order valence-corrected chi connectivity index (χ4v) is 15.6. The largest absolute Gasteiger partial charge is 0.393 e. The van der Waals surface area contributed by atoms with Crippen LogP contribution in [0, 0.1) is 34.0 Å². The van der Waals surface area contributed by atoms with Gasteiger partial charge in [0.2, 0.25) is 29.5 Å². The van der Waals surface area contributed by atoms with Gasteiger partial charge in [-0.2, -0.15) is 0 Å². The maximum absolute atomic E-state index is 12.9. The lowest BCUT2D eigenvalue weighted by Gasteiger charge is -2.35. The summed E-state index contributed by atoms with van der Waals surface area (Å²) in [7, 11) is -2.96. The highest BCUT2D eigenvalue weighted by Crippen LogP contribution is 2.29. The summed E-state index contributed by atoms with van der Waals surface area (Å²) in [6, 6.07) is -0.724. The molecule has 5 rings (SSSR count). The fourth-order valence-electron chi connectivity index (χ4n) is 14.4. The van der Waals surface area contributed by atoms with E-state index in [1.54, 1.807) is 17.3 Å². The minimum absolute atomic E-state index is 0.0352. The standard InChI is InChI=1S/C20H36N4O.C19H38N2O2.C18H36N2O3S.2C18H36N2O2/c1-15-12-22-16(13-21-15)14-23-18(25)17(24-20(5,6)7)10-8-9-11-19(2,3)4;1-18(2,3)12-8-7-9-16(20-19(4,5)6)17(23)21-13-10-15(22)11-14-21;1-17(2,3)10-8-7-9-15(19-18(4,5)6)16(21)20-11-13-24(22,23)14-12-20;1-17(2,3)11-8-7-9-15(19-18(4,5)6)16(22)20-12-10-14(21)13-20;1-17(2,3)10-8-7-9-15(19-18(4,5)6)16(21)20-11-13-22-14-12-20/h12-13,17,24H,8-11,14H2,1-7H3,(H,23,25);15-16,20,22H,7-14H2,1-6H3;15,19H,7-14H2,1-6H3;14-15,19,21H,7-13H2,1-6H3;15,19H,7-14H2,1-6H3. The van der Waals surface area contributed by atoms with E-state index in [0.29, 0.717) is 105 Å². The molecule has 0 spiro atoms. The smallest absolute Gasteiger partial charge is 0.239 e. The molecule has 1 aromatic heterocycles. The Labute approximate surface area is 711 Å². The number of aromatic nitrogens is 2. The van der Waals surface area contributed by atoms with E-state index in [4.69, 9.17) is 4.74 Å². The monoisotopic (exact) mass is 1660 g/mol. The SMILES string of the molecule is CC(C)(C)CCCCC(NC(C)(C)C)C(=O)N1CCC(O)C1.CC(C)(C)CCCCC(NC(C)(C)C)C(=O)N1CCC(O)CC1.CC(C)(C)CCCCC(NC(C)(C)C)C(=O)N1CCOCC1.CC(C)(C)CCCCC(NC(C)(C)C)C(=O)N1CCS(=O)(=O)CC1.Cc1cnc(CNC(=O)C(CCCCC(C)(C)C)NC(C)(C)C)cn1. The van der Waals surface area contributed by atoms with Gasteiger partial charge in [0, 0.05) is 86.2 Å². The summed E-state index contributed by atoms with van der Waals surface area (Å²) < 4.78 is 28.5. The molecule has 8 N–H and O–H groups in total. The third-order valence-electron chi connectivity index (χ3n) is 20.4. The molecule has 5 amide bonds. The van der Waals surface area contributed by atoms with Crippen LogP contribution in [0.25, 0.3) is 0 Å². The van der Waals surface area contributed by atoms with Crippen molar-refractivity contribution < 1.29 is 47.3 Å². The normalized spacial score (nSPS) is 18.3. The summed E-state index contributed by atoms with van der Waals surface area (Å²) in [4.78, 5) is 79.7. The number of β-amino-alcohol motifs (C(OH)–C–C–N with tert-alkyl or cyclic N) is 1. The Balaban J connectivity index is 0.000000726. The van der Waals surface area contributed by atoms with Gasteiger partial charge in [-0.05, 0) is 221 Å². The van der Waals surface area contributed by atoms with Crippen LogP contribution in [-0.2, 0) is 45.1 Å². The number of ether oxygens (including phenoxy) is 1. The second kappa shape index (κ2) is 50.6. The van der Waals surface area contributed by atoms with Gasteiger partial charge in [-0.1, -0.05) is 168 Å². The van der Waals surface area contributed by atoms with E-state index in [2.05, 4.69) is 250 Å². The molecule has 0 aromatic carbocycles. The number of rotatable bonds is 32. The highest BCUT2D eigenvalue weighted by atomic mass is 32.2. The topological polar surface area (TPSA) is 280 Å². The van der Waals surface area contributed by atoms with Gasteiger partial charge in [0.05, 0.1) is 91.3 Å². The first-order valence-electron chi connectivity index (χ1n) is 45.0. The first kappa shape index (κ1) is 110. The first-order chi connectivity index (χ1) is 52.8. The van der Waals surface area contributed by atoms with E-state index in [-0.39, 0.29) is 111 Å². The number of unbranched alkanes of at least 4 members (excludes halogenated alkanes) is 5. The highest BCUT2D eigenvalue weighted by Gasteiger charge is 2.36. The van der Waals surface area contributed by atoms with Gasteiger partial charge in [0.25, 0.3) is 0 Å². The number of sulfone groups is 1. The number of nitrogens with zero attached hydrogens (tertiary/aromatic N) is 6. The number of aliphatic hydroxyl groups is 2. The second-order valence-corrected chi connectivity index (χ2v) is 47.6. The van der Waals surface area contributed by atoms with Crippen molar-refractivity contribution >= 4 is 39.4 Å². The van der Waals surface area contributed by atoms with Crippen LogP contribution in [0.15, 0.2) is 12.4 Å². The molecule has 6 atom stereocenters. The zero-order valence-electron chi connectivity index (χ0n) is 80.4. The van der Waals surface area contributed by atoms with Crippen LogP contribution in [0.4, 0.5) is 0 Å². The molecular formula is C93H182N12O10S. The average Bonchev–Trinajstić information content (AvgIpc) is 1.18. The third-order valence-corrected chi connectivity index (χ3v) is 22.0. The lowest BCUT2D eigenvalue weighted by Crippen LogP contribution is -2.55. The van der Waals surface area contributed by atoms with Gasteiger partial charge in [-0.15, -0.1) is 0 Å². The summed E-state index contributed by atoms with van der Waals surface area (Å²) in [5.74, 6) is 0.873. The third kappa shape index (κ3) is 57.4. The molecule has 0 bridgehead atoms. The fraction of sp³-hybridized carbons (Fsp3) is 0.903. The molecule has 1 aromatic rings. The number of hydrogen-bond acceptors (Lipinski definition) is 17. The van der Waals surface area contributed by atoms with Crippen LogP contribution in [0.1, 0.15) is 367 Å². The molecule has 4 saturated heterocycles. The Morgan fingerprint density at radius 1 is 0.388 bits per heavy atom. The van der Waals surface area contributed by atoms with Crippen LogP contribution < -0.4 is 31.9 Å². The zero-order chi connectivity index (χ0) is 89.1. The number of carbonyl (C=O) groups excluding carboxylic acids is 5. The summed E-state index contributed by atoms with van der Waals surface area (Å²) in [6.45, 7) is 73.6. The van der Waals surface area contributed by atoms with E-state index in [1.807, 2.05) is 21.6 Å². The molecule has 23 heteroatoms. The maximum atomic E-state index is 12.9. The zero-order valence-corrected chi connectivity index (χ0v) is 81.2. The molecule has 6 unspecified atom stereocenters. The summed E-state index contributed by atoms with van der Waals surface area (Å²) in [5.41, 5.74) is 2.97. The molecule has 116 heavy (non-hydrogen) atoms. The molecule has 5 heterocycles. The summed E-state index contributed by atoms with van der Waals surface area (Å²) >= 11 is 0. The van der Waals surface area contributed by atoms with Crippen LogP contribution in [-0.4, -0.2) is 225 Å². The number of amides is 5. The van der Waals surface area contributed by atoms with Gasteiger partial charge in [0.15, 0.2) is 9.84 Å². The van der Waals surface area contributed by atoms with E-state index >= 15 is 0 Å². The molecule has 22 nitrogen and oxygen atoms in total. The molecule has 4 fully saturated rings. The molecule has 0 aliphatic carbocycles. The van der Waals surface area contributed by atoms with E-state index < -0.39 is 9.84 Å². The van der Waals surface area contributed by atoms with Crippen molar-refractivity contribution in [1.29, 1.82) is 0 Å². The first-order valence-corrected chi connectivity index (χ1v) is 46.8. The van der Waals surface area contributed by atoms with Crippen LogP contribution in [0.5, 0.6) is 0 Å². The quantitative estimate of drug-likeness (QED) is 0.0311. The van der Waals surface area contributed by atoms with Crippen molar-refractivity contribution in [2.24, 2.45) is 27.1 Å². The Hall–Kier alpha value is -3.94. The van der Waals surface area contributed by atoms with E-state index in [9.17, 15) is 42.6 Å². The van der Waals surface area contributed by atoms with Crippen LogP contribution in [0.2, 0.25) is 0 Å². The lowest BCUT2D eigenvalue weighted by molar-refractivity contribution is -0.138. The predicted molar refractivity (Wildman–Crippen MR) is 483 cm³/mol. The number of aliphatic hydroxyl groups excluding tert-OH is 2. The minimum atomic E-state index is -2.96. The highest BCUT2D eigenvalue weighted by molar-refractivity contribution is 7.91. The van der Waals surface area contributed by atoms with Crippen molar-refractivity contribution in [2.45, 2.75) is 439 Å². The van der Waals surface area contributed by atoms with Crippen molar-refractivity contribution in [3.8, 4) is 0 Å². The van der Waals surface area contributed by atoms with Crippen molar-refractivity contribution in [3.05, 3.63) is 23.8 Å². The number of likely N-dealkylation sites (tertiary alicyclic amines) is 2. The molecule has 4 aliphatic rings. The molecule has 680 valence electrons. The second-order valence-electron chi connectivity index (χ2n) is 45.3. The molecular weight excluding hydrogens is 1480 g/mol. The average molecular weight is 1660 g/mol. The van der Waals surface area contributed by atoms with Gasteiger partial charge >= 0.3 is 0 Å². The Bertz CT molecular complexity index is 2960. The number of morpholine rings is 1. The lowest BCUT2D eigenvalue weighted by atomic mass is 9.89. The summed E-state index contributed by atoms with van der Waals surface area (Å²) in [6.07, 6.45) is 26.2. The van der Waals surface area contributed by atoms with Crippen molar-refractivity contribution in [3.63, 3.8) is 0 Å². The van der Waals surface area contributed by atoms with Crippen molar-refractivity contribution in [1.82, 2.24) is 61.5 Å². The number of carbonyl (C=O) groups is 5. The predicted octanol–water partition coefficient (Wildman–Crippen LogP) is 15.9. The number of hydrogen-bond donors (Lipinski definition) is 8. The molecule has 4 aliphatic heterocycles. The number of aryl methyl sites for hydroxylation is 1. The minimum Gasteiger partial charge on any atom is -0.393 e. The molecule has 0 saturated carbocycles. The van der Waals surface area contributed by atoms with Crippen LogP contribution >= 0.6 is 0 Å². The van der Waals surface area contributed by atoms with E-state index in [1.165, 1.54) is 32.1 Å². The maximum Gasteiger partial charge on any atom is 0.239 e. The van der Waals surface area contributed by atoms with Gasteiger partial charge in [-0.25, -0.2) is 8.42 Å². The van der Waals surface area contributed by atoms with Crippen molar-refractivity contribution in [2.75, 3.05) is 77.1 Å².